The van der Waals surface area contributed by atoms with Crippen molar-refractivity contribution in [2.45, 2.75) is 12.7 Å². The lowest BCUT2D eigenvalue weighted by atomic mass is 10.2. The molecule has 2 rings (SSSR count). The van der Waals surface area contributed by atoms with Crippen LogP contribution in [-0.4, -0.2) is 24.4 Å². The van der Waals surface area contributed by atoms with Gasteiger partial charge in [-0.05, 0) is 23.8 Å². The second-order valence-electron chi connectivity index (χ2n) is 4.77. The van der Waals surface area contributed by atoms with E-state index in [9.17, 15) is 9.50 Å². The van der Waals surface area contributed by atoms with E-state index in [4.69, 9.17) is 10.5 Å². The summed E-state index contributed by atoms with van der Waals surface area (Å²) in [4.78, 5) is 0. The van der Waals surface area contributed by atoms with Crippen molar-refractivity contribution in [1.82, 2.24) is 0 Å². The van der Waals surface area contributed by atoms with Crippen molar-refractivity contribution in [2.75, 3.05) is 24.2 Å². The minimum Gasteiger partial charge on any atom is -0.396 e. The van der Waals surface area contributed by atoms with Crippen LogP contribution in [0.2, 0.25) is 0 Å². The van der Waals surface area contributed by atoms with E-state index in [2.05, 4.69) is 5.32 Å². The summed E-state index contributed by atoms with van der Waals surface area (Å²) in [5.74, 6) is -0.477. The molecule has 0 aliphatic carbocycles. The van der Waals surface area contributed by atoms with Crippen molar-refractivity contribution in [3.63, 3.8) is 0 Å². The van der Waals surface area contributed by atoms with Crippen LogP contribution in [0, 0.1) is 5.82 Å². The predicted molar refractivity (Wildman–Crippen MR) is 81.4 cm³/mol. The topological polar surface area (TPSA) is 67.5 Å². The molecule has 0 amide bonds. The molecule has 0 spiro atoms. The zero-order chi connectivity index (χ0) is 15.1. The highest BCUT2D eigenvalue weighted by Gasteiger charge is 2.06. The smallest absolute Gasteiger partial charge is 0.148 e. The number of ether oxygens (including phenoxy) is 1. The average Bonchev–Trinajstić information content (AvgIpc) is 2.49. The second-order valence-corrected chi connectivity index (χ2v) is 4.77. The Balaban J connectivity index is 1.69. The van der Waals surface area contributed by atoms with E-state index in [1.54, 1.807) is 6.07 Å². The van der Waals surface area contributed by atoms with E-state index in [0.29, 0.717) is 12.3 Å². The van der Waals surface area contributed by atoms with Gasteiger partial charge in [0.05, 0.1) is 25.0 Å². The largest absolute Gasteiger partial charge is 0.396 e. The molecule has 4 nitrogen and oxygen atoms in total. The molecule has 2 aromatic carbocycles. The molecule has 2 aromatic rings. The third-order valence-corrected chi connectivity index (χ3v) is 2.96. The Hall–Kier alpha value is -2.11. The lowest BCUT2D eigenvalue weighted by Gasteiger charge is -2.13. The van der Waals surface area contributed by atoms with Gasteiger partial charge in [-0.25, -0.2) is 4.39 Å². The monoisotopic (exact) mass is 290 g/mol. The number of halogens is 1. The Morgan fingerprint density at radius 3 is 2.67 bits per heavy atom. The number of hydrogen-bond donors (Lipinski definition) is 3. The van der Waals surface area contributed by atoms with Crippen LogP contribution in [0.1, 0.15) is 5.56 Å². The molecule has 5 heteroatoms. The summed E-state index contributed by atoms with van der Waals surface area (Å²) in [6.45, 7) is 0.936. The molecule has 4 N–H and O–H groups in total. The van der Waals surface area contributed by atoms with Gasteiger partial charge in [-0.3, -0.25) is 0 Å². The van der Waals surface area contributed by atoms with Crippen molar-refractivity contribution < 1.29 is 14.2 Å². The number of hydrogen-bond acceptors (Lipinski definition) is 4. The van der Waals surface area contributed by atoms with Gasteiger partial charge >= 0.3 is 0 Å². The van der Waals surface area contributed by atoms with Crippen molar-refractivity contribution >= 4 is 11.4 Å². The number of benzene rings is 2. The maximum absolute atomic E-state index is 13.2. The Morgan fingerprint density at radius 1 is 1.19 bits per heavy atom. The molecule has 21 heavy (non-hydrogen) atoms. The standard InChI is InChI=1S/C16H19FN2O2/c17-15-8-13(6-7-16(15)18)19-9-14(20)11-21-10-12-4-2-1-3-5-12/h1-8,14,19-20H,9-11,18H2/t14-/m1/s1. The van der Waals surface area contributed by atoms with Gasteiger partial charge in [-0.1, -0.05) is 30.3 Å². The van der Waals surface area contributed by atoms with E-state index >= 15 is 0 Å². The third-order valence-electron chi connectivity index (χ3n) is 2.96. The molecule has 0 saturated heterocycles. The van der Waals surface area contributed by atoms with E-state index in [0.717, 1.165) is 5.56 Å². The summed E-state index contributed by atoms with van der Waals surface area (Å²) in [5.41, 5.74) is 7.12. The fraction of sp³-hybridized carbons (Fsp3) is 0.250. The molecular weight excluding hydrogens is 271 g/mol. The third kappa shape index (κ3) is 5.06. The predicted octanol–water partition coefficient (Wildman–Crippen LogP) is 2.40. The van der Waals surface area contributed by atoms with Gasteiger partial charge in [0.15, 0.2) is 0 Å². The maximum Gasteiger partial charge on any atom is 0.148 e. The average molecular weight is 290 g/mol. The quantitative estimate of drug-likeness (QED) is 0.685. The van der Waals surface area contributed by atoms with Crippen molar-refractivity contribution in [1.29, 1.82) is 0 Å². The van der Waals surface area contributed by atoms with Gasteiger partial charge in [0.1, 0.15) is 5.82 Å². The van der Waals surface area contributed by atoms with Crippen LogP contribution in [0.15, 0.2) is 48.5 Å². The van der Waals surface area contributed by atoms with Crippen LogP contribution in [0.3, 0.4) is 0 Å². The van der Waals surface area contributed by atoms with E-state index in [-0.39, 0.29) is 18.8 Å². The van der Waals surface area contributed by atoms with Crippen LogP contribution >= 0.6 is 0 Å². The molecule has 0 aromatic heterocycles. The van der Waals surface area contributed by atoms with Crippen molar-refractivity contribution in [2.24, 2.45) is 0 Å². The van der Waals surface area contributed by atoms with Crippen molar-refractivity contribution in [3.8, 4) is 0 Å². The van der Waals surface area contributed by atoms with E-state index in [1.807, 2.05) is 30.3 Å². The molecule has 0 fully saturated rings. The van der Waals surface area contributed by atoms with Crippen molar-refractivity contribution in [3.05, 3.63) is 59.9 Å². The molecule has 1 atom stereocenters. The summed E-state index contributed by atoms with van der Waals surface area (Å²) in [6, 6.07) is 14.2. The summed E-state index contributed by atoms with van der Waals surface area (Å²) < 4.78 is 18.7. The number of anilines is 2. The first kappa shape index (κ1) is 15.3. The number of aliphatic hydroxyl groups excluding tert-OH is 1. The number of nitrogens with two attached hydrogens (primary N) is 1. The lowest BCUT2D eigenvalue weighted by molar-refractivity contribution is 0.0348. The van der Waals surface area contributed by atoms with Gasteiger partial charge < -0.3 is 20.9 Å². The van der Waals surface area contributed by atoms with Crippen LogP contribution < -0.4 is 11.1 Å². The first-order valence-electron chi connectivity index (χ1n) is 6.74. The van der Waals surface area contributed by atoms with Gasteiger partial charge in [0, 0.05) is 12.2 Å². The van der Waals surface area contributed by atoms with Gasteiger partial charge in [0.2, 0.25) is 0 Å². The van der Waals surface area contributed by atoms with E-state index in [1.165, 1.54) is 12.1 Å². The molecule has 112 valence electrons. The number of aliphatic hydroxyl groups is 1. The molecule has 0 aliphatic rings. The van der Waals surface area contributed by atoms with Crippen LogP contribution in [0.4, 0.5) is 15.8 Å². The number of nitrogens with one attached hydrogen (secondary N) is 1. The molecule has 0 heterocycles. The summed E-state index contributed by atoms with van der Waals surface area (Å²) in [5, 5.41) is 12.7. The maximum atomic E-state index is 13.2. The zero-order valence-corrected chi connectivity index (χ0v) is 11.6. The SMILES string of the molecule is Nc1ccc(NC[C@@H](O)COCc2ccccc2)cc1F. The normalized spacial score (nSPS) is 12.1. The minimum atomic E-state index is -0.672. The Morgan fingerprint density at radius 2 is 1.95 bits per heavy atom. The highest BCUT2D eigenvalue weighted by atomic mass is 19.1. The minimum absolute atomic E-state index is 0.104. The van der Waals surface area contributed by atoms with Crippen LogP contribution in [0.25, 0.3) is 0 Å². The van der Waals surface area contributed by atoms with Gasteiger partial charge in [0.25, 0.3) is 0 Å². The number of rotatable bonds is 7. The fourth-order valence-corrected chi connectivity index (χ4v) is 1.82. The molecule has 0 bridgehead atoms. The van der Waals surface area contributed by atoms with Crippen LogP contribution in [0.5, 0.6) is 0 Å². The molecule has 0 saturated carbocycles. The van der Waals surface area contributed by atoms with Gasteiger partial charge in [-0.15, -0.1) is 0 Å². The summed E-state index contributed by atoms with van der Waals surface area (Å²) >= 11 is 0. The highest BCUT2D eigenvalue weighted by Crippen LogP contribution is 2.15. The second kappa shape index (κ2) is 7.61. The highest BCUT2D eigenvalue weighted by molar-refractivity contribution is 5.52. The Bertz CT molecular complexity index is 563. The molecule has 0 radical (unpaired) electrons. The summed E-state index contributed by atoms with van der Waals surface area (Å²) in [7, 11) is 0. The van der Waals surface area contributed by atoms with E-state index < -0.39 is 11.9 Å². The Kier molecular flexibility index (Phi) is 5.54. The lowest BCUT2D eigenvalue weighted by Crippen LogP contribution is -2.24. The first-order chi connectivity index (χ1) is 10.1. The first-order valence-corrected chi connectivity index (χ1v) is 6.74. The van der Waals surface area contributed by atoms with Crippen LogP contribution in [-0.2, 0) is 11.3 Å². The summed E-state index contributed by atoms with van der Waals surface area (Å²) in [6.07, 6.45) is -0.672. The molecule has 0 aliphatic heterocycles. The molecular formula is C16H19FN2O2. The fourth-order valence-electron chi connectivity index (χ4n) is 1.82. The number of nitrogen functional groups attached to an aromatic ring is 1. The Labute approximate surface area is 123 Å². The molecule has 0 unspecified atom stereocenters. The zero-order valence-electron chi connectivity index (χ0n) is 11.6. The van der Waals surface area contributed by atoms with Gasteiger partial charge in [-0.2, -0.15) is 0 Å².